The molecule has 4 amide bonds. The average molecular weight is 623 g/mol. The van der Waals surface area contributed by atoms with Crippen molar-refractivity contribution in [3.05, 3.63) is 71.5 Å². The minimum Gasteiger partial charge on any atom is -0.491 e. The number of likely N-dealkylation sites (tertiary alicyclic amines) is 1. The standard InChI is InChI=1S/C32H38N4O9/c1-3-41-29-8-7-27(45-29)31(38)36-12-9-26-28(19-36)43-20-21-5-4-6-23(15-21)44-25-17-22(16-24(18-25)42-14-13-40-2)30(37)33-10-11-34-32(39)35-26/h4-8,15-18,26,28H,3,9-14,19-20H2,1-2H3,(H,33,37)(H2,34,35,39)/t26-,28-/m0/s1. The summed E-state index contributed by atoms with van der Waals surface area (Å²) < 4.78 is 34.2. The lowest BCUT2D eigenvalue weighted by molar-refractivity contribution is -0.0242. The van der Waals surface area contributed by atoms with E-state index in [1.54, 1.807) is 48.4 Å². The average Bonchev–Trinajstić information content (AvgIpc) is 3.51. The summed E-state index contributed by atoms with van der Waals surface area (Å²) >= 11 is 0. The zero-order valence-corrected chi connectivity index (χ0v) is 25.3. The SMILES string of the molecule is CCOc1ccc(C(=O)N2CC[C@@H]3NC(=O)NCCNC(=O)c4cc(OCCOC)cc(c4)Oc4cccc(c4)CO[C@H]3C2)o1. The molecule has 45 heavy (non-hydrogen) atoms. The van der Waals surface area contributed by atoms with Gasteiger partial charge in [-0.1, -0.05) is 12.1 Å². The highest BCUT2D eigenvalue weighted by molar-refractivity contribution is 5.95. The minimum atomic E-state index is -0.513. The maximum absolute atomic E-state index is 13.2. The molecule has 1 saturated heterocycles. The number of nitrogens with zero attached hydrogens (tertiary/aromatic N) is 1. The first-order chi connectivity index (χ1) is 21.9. The van der Waals surface area contributed by atoms with Crippen LogP contribution in [-0.4, -0.2) is 88.0 Å². The van der Waals surface area contributed by atoms with E-state index >= 15 is 0 Å². The monoisotopic (exact) mass is 622 g/mol. The summed E-state index contributed by atoms with van der Waals surface area (Å²) in [6.45, 7) is 4.15. The molecule has 0 saturated carbocycles. The van der Waals surface area contributed by atoms with Gasteiger partial charge in [-0.05, 0) is 49.2 Å². The van der Waals surface area contributed by atoms with E-state index in [0.717, 1.165) is 5.56 Å². The number of carbonyl (C=O) groups excluding carboxylic acids is 3. The van der Waals surface area contributed by atoms with Gasteiger partial charge < -0.3 is 49.0 Å². The first-order valence-electron chi connectivity index (χ1n) is 14.9. The van der Waals surface area contributed by atoms with Crippen molar-refractivity contribution in [2.24, 2.45) is 0 Å². The Hall–Kier alpha value is -4.75. The van der Waals surface area contributed by atoms with Gasteiger partial charge in [-0.2, -0.15) is 0 Å². The molecule has 5 rings (SSSR count). The second kappa shape index (κ2) is 15.3. The Morgan fingerprint density at radius 2 is 1.87 bits per heavy atom. The van der Waals surface area contributed by atoms with Gasteiger partial charge in [0.15, 0.2) is 5.76 Å². The predicted molar refractivity (Wildman–Crippen MR) is 162 cm³/mol. The van der Waals surface area contributed by atoms with Gasteiger partial charge in [-0.25, -0.2) is 4.79 Å². The van der Waals surface area contributed by atoms with Crippen molar-refractivity contribution in [3.63, 3.8) is 0 Å². The summed E-state index contributed by atoms with van der Waals surface area (Å²) in [6, 6.07) is 14.8. The van der Waals surface area contributed by atoms with E-state index in [1.807, 2.05) is 25.1 Å². The van der Waals surface area contributed by atoms with Crippen molar-refractivity contribution in [3.8, 4) is 23.2 Å². The highest BCUT2D eigenvalue weighted by Gasteiger charge is 2.34. The van der Waals surface area contributed by atoms with Gasteiger partial charge in [-0.15, -0.1) is 0 Å². The lowest BCUT2D eigenvalue weighted by Crippen LogP contribution is -2.58. The van der Waals surface area contributed by atoms with Crippen molar-refractivity contribution >= 4 is 17.8 Å². The van der Waals surface area contributed by atoms with E-state index in [9.17, 15) is 14.4 Å². The molecule has 0 radical (unpaired) electrons. The van der Waals surface area contributed by atoms with Crippen LogP contribution in [-0.2, 0) is 16.1 Å². The second-order valence-corrected chi connectivity index (χ2v) is 10.5. The van der Waals surface area contributed by atoms with Crippen molar-refractivity contribution < 1.29 is 42.5 Å². The summed E-state index contributed by atoms with van der Waals surface area (Å²) in [5.74, 6) is 1.23. The van der Waals surface area contributed by atoms with E-state index in [4.69, 9.17) is 28.1 Å². The number of rotatable bonds is 7. The lowest BCUT2D eigenvalue weighted by atomic mass is 10.0. The molecule has 0 unspecified atom stereocenters. The third-order valence-corrected chi connectivity index (χ3v) is 7.23. The van der Waals surface area contributed by atoms with Gasteiger partial charge in [0.1, 0.15) is 23.9 Å². The molecular weight excluding hydrogens is 584 g/mol. The number of furan rings is 1. The number of piperidine rings is 1. The molecule has 0 aliphatic carbocycles. The van der Waals surface area contributed by atoms with Gasteiger partial charge in [0.2, 0.25) is 0 Å². The van der Waals surface area contributed by atoms with Gasteiger partial charge >= 0.3 is 6.03 Å². The highest BCUT2D eigenvalue weighted by atomic mass is 16.6. The number of hydrogen-bond acceptors (Lipinski definition) is 9. The maximum Gasteiger partial charge on any atom is 0.315 e. The molecule has 3 heterocycles. The van der Waals surface area contributed by atoms with Crippen LogP contribution in [0.4, 0.5) is 4.79 Å². The number of amides is 4. The Kier molecular flexibility index (Phi) is 10.8. The molecule has 1 aromatic heterocycles. The van der Waals surface area contributed by atoms with Crippen LogP contribution in [0.25, 0.3) is 0 Å². The second-order valence-electron chi connectivity index (χ2n) is 10.5. The zero-order valence-electron chi connectivity index (χ0n) is 25.3. The number of carbonyl (C=O) groups is 3. The number of benzene rings is 2. The van der Waals surface area contributed by atoms with E-state index in [0.29, 0.717) is 55.6 Å². The summed E-state index contributed by atoms with van der Waals surface area (Å²) in [4.78, 5) is 40.7. The molecule has 3 aromatic rings. The maximum atomic E-state index is 13.2. The van der Waals surface area contributed by atoms with E-state index in [-0.39, 0.29) is 55.8 Å². The lowest BCUT2D eigenvalue weighted by Gasteiger charge is -2.38. The number of nitrogens with one attached hydrogen (secondary N) is 3. The van der Waals surface area contributed by atoms with Crippen LogP contribution >= 0.6 is 0 Å². The van der Waals surface area contributed by atoms with Crippen LogP contribution in [0.2, 0.25) is 0 Å². The van der Waals surface area contributed by atoms with E-state index in [2.05, 4.69) is 16.0 Å². The Morgan fingerprint density at radius 1 is 1.00 bits per heavy atom. The third kappa shape index (κ3) is 8.67. The fraction of sp³-hybridized carbons (Fsp3) is 0.406. The topological polar surface area (TPSA) is 150 Å². The number of methoxy groups -OCH3 is 1. The molecule has 1 fully saturated rings. The fourth-order valence-corrected chi connectivity index (χ4v) is 5.05. The Bertz CT molecular complexity index is 1480. The Labute approximate surface area is 261 Å². The molecular formula is C32H38N4O9. The summed E-state index contributed by atoms with van der Waals surface area (Å²) in [5, 5.41) is 8.57. The van der Waals surface area contributed by atoms with Crippen LogP contribution in [0.3, 0.4) is 0 Å². The molecule has 240 valence electrons. The van der Waals surface area contributed by atoms with Gasteiger partial charge in [0.25, 0.3) is 17.8 Å². The predicted octanol–water partition coefficient (Wildman–Crippen LogP) is 3.34. The summed E-state index contributed by atoms with van der Waals surface area (Å²) in [5.41, 5.74) is 1.16. The van der Waals surface area contributed by atoms with Crippen LogP contribution in [0.5, 0.6) is 23.2 Å². The molecule has 13 heteroatoms. The van der Waals surface area contributed by atoms with Crippen LogP contribution in [0.15, 0.2) is 59.0 Å². The minimum absolute atomic E-state index is 0.172. The fourth-order valence-electron chi connectivity index (χ4n) is 5.05. The first kappa shape index (κ1) is 31.7. The number of hydrogen-bond donors (Lipinski definition) is 3. The summed E-state index contributed by atoms with van der Waals surface area (Å²) in [6.07, 6.45) is -0.0481. The first-order valence-corrected chi connectivity index (χ1v) is 14.9. The summed E-state index contributed by atoms with van der Waals surface area (Å²) in [7, 11) is 1.58. The normalized spacial score (nSPS) is 19.0. The Balaban J connectivity index is 1.35. The molecule has 2 aliphatic rings. The zero-order chi connectivity index (χ0) is 31.6. The van der Waals surface area contributed by atoms with Crippen molar-refractivity contribution in [2.45, 2.75) is 32.1 Å². The van der Waals surface area contributed by atoms with E-state index in [1.165, 1.54) is 0 Å². The van der Waals surface area contributed by atoms with Crippen LogP contribution in [0.1, 0.15) is 39.8 Å². The molecule has 2 aromatic carbocycles. The van der Waals surface area contributed by atoms with Crippen molar-refractivity contribution in [1.82, 2.24) is 20.9 Å². The van der Waals surface area contributed by atoms with Gasteiger partial charge in [-0.3, -0.25) is 9.59 Å². The van der Waals surface area contributed by atoms with Crippen molar-refractivity contribution in [2.75, 3.05) is 53.1 Å². The number of ether oxygens (including phenoxy) is 5. The van der Waals surface area contributed by atoms with Gasteiger partial charge in [0.05, 0.1) is 32.0 Å². The molecule has 13 nitrogen and oxygen atoms in total. The quantitative estimate of drug-likeness (QED) is 0.337. The molecule has 3 N–H and O–H groups in total. The van der Waals surface area contributed by atoms with E-state index < -0.39 is 12.1 Å². The van der Waals surface area contributed by atoms with Gasteiger partial charge in [0, 0.05) is 51.0 Å². The van der Waals surface area contributed by atoms with Crippen molar-refractivity contribution in [1.29, 1.82) is 0 Å². The third-order valence-electron chi connectivity index (χ3n) is 7.23. The van der Waals surface area contributed by atoms with Crippen LogP contribution < -0.4 is 30.2 Å². The molecule has 2 atom stereocenters. The van der Waals surface area contributed by atoms with Crippen LogP contribution in [0, 0.1) is 0 Å². The Morgan fingerprint density at radius 3 is 2.71 bits per heavy atom. The largest absolute Gasteiger partial charge is 0.491 e. The number of urea groups is 1. The number of fused-ring (bicyclic) bond motifs is 5. The molecule has 0 spiro atoms. The molecule has 4 bridgehead atoms. The smallest absolute Gasteiger partial charge is 0.315 e. The molecule has 2 aliphatic heterocycles. The highest BCUT2D eigenvalue weighted by Crippen LogP contribution is 2.29.